The molecule has 136 valence electrons. The van der Waals surface area contributed by atoms with Crippen LogP contribution in [-0.2, 0) is 11.3 Å². The van der Waals surface area contributed by atoms with E-state index in [4.69, 9.17) is 15.9 Å². The molecule has 0 unspecified atom stereocenters. The number of ether oxygens (including phenoxy) is 1. The summed E-state index contributed by atoms with van der Waals surface area (Å²) in [5, 5.41) is 14.2. The van der Waals surface area contributed by atoms with Crippen LogP contribution in [0.3, 0.4) is 0 Å². The van der Waals surface area contributed by atoms with Crippen LogP contribution in [-0.4, -0.2) is 29.6 Å². The van der Waals surface area contributed by atoms with Crippen LogP contribution in [0, 0.1) is 5.41 Å². The highest BCUT2D eigenvalue weighted by Crippen LogP contribution is 2.27. The molecule has 5 N–H and O–H groups in total. The first-order valence-electron chi connectivity index (χ1n) is 8.42. The summed E-state index contributed by atoms with van der Waals surface area (Å²) in [6, 6.07) is 8.87. The maximum atomic E-state index is 12.8. The van der Waals surface area contributed by atoms with E-state index in [2.05, 4.69) is 10.6 Å². The van der Waals surface area contributed by atoms with Crippen LogP contribution in [0.15, 0.2) is 30.3 Å². The molecule has 0 fully saturated rings. The molecule has 0 saturated carbocycles. The summed E-state index contributed by atoms with van der Waals surface area (Å²) >= 11 is 0. The molecule has 2 heterocycles. The molecular formula is C18H21N5O3. The summed E-state index contributed by atoms with van der Waals surface area (Å²) in [7, 11) is 0. The van der Waals surface area contributed by atoms with Crippen LogP contribution in [0.2, 0.25) is 0 Å². The van der Waals surface area contributed by atoms with Crippen molar-refractivity contribution < 1.29 is 14.3 Å². The summed E-state index contributed by atoms with van der Waals surface area (Å²) in [6.45, 7) is 3.05. The first-order valence-corrected chi connectivity index (χ1v) is 8.42. The largest absolute Gasteiger partial charge is 0.462 e. The van der Waals surface area contributed by atoms with Gasteiger partial charge in [-0.25, -0.2) is 4.79 Å². The van der Waals surface area contributed by atoms with E-state index in [1.165, 1.54) is 0 Å². The number of para-hydroxylation sites is 1. The third-order valence-electron chi connectivity index (χ3n) is 4.14. The second kappa shape index (κ2) is 7.30. The van der Waals surface area contributed by atoms with E-state index in [0.717, 1.165) is 6.42 Å². The quantitative estimate of drug-likeness (QED) is 0.623. The van der Waals surface area contributed by atoms with Gasteiger partial charge in [0.15, 0.2) is 0 Å². The monoisotopic (exact) mass is 355 g/mol. The molecule has 8 nitrogen and oxygen atoms in total. The zero-order valence-corrected chi connectivity index (χ0v) is 14.5. The second-order valence-corrected chi connectivity index (χ2v) is 5.83. The summed E-state index contributed by atoms with van der Waals surface area (Å²) in [5.74, 6) is -0.726. The van der Waals surface area contributed by atoms with Gasteiger partial charge in [-0.3, -0.25) is 10.2 Å². The number of aromatic nitrogens is 1. The zero-order chi connectivity index (χ0) is 18.7. The van der Waals surface area contributed by atoms with Gasteiger partial charge in [0.05, 0.1) is 12.3 Å². The van der Waals surface area contributed by atoms with Crippen LogP contribution >= 0.6 is 0 Å². The van der Waals surface area contributed by atoms with Gasteiger partial charge >= 0.3 is 5.97 Å². The lowest BCUT2D eigenvalue weighted by Crippen LogP contribution is -2.37. The SMILES string of the molecule is CCOC(=O)c1c(N)c(C(=O)Nc2ccccc2)c(=N)n2c1NCCC2. The second-order valence-electron chi connectivity index (χ2n) is 5.83. The number of benzene rings is 1. The van der Waals surface area contributed by atoms with Gasteiger partial charge in [0, 0.05) is 18.8 Å². The Labute approximate surface area is 150 Å². The van der Waals surface area contributed by atoms with Gasteiger partial charge in [-0.2, -0.15) is 0 Å². The Bertz CT molecular complexity index is 905. The summed E-state index contributed by atoms with van der Waals surface area (Å²) < 4.78 is 6.69. The summed E-state index contributed by atoms with van der Waals surface area (Å²) in [6.07, 6.45) is 0.773. The van der Waals surface area contributed by atoms with Gasteiger partial charge in [-0.15, -0.1) is 0 Å². The van der Waals surface area contributed by atoms with Gasteiger partial charge in [-0.1, -0.05) is 18.2 Å². The van der Waals surface area contributed by atoms with Crippen molar-refractivity contribution in [3.8, 4) is 0 Å². The van der Waals surface area contributed by atoms with Crippen LogP contribution in [0.5, 0.6) is 0 Å². The van der Waals surface area contributed by atoms with E-state index in [1.807, 2.05) is 6.07 Å². The average molecular weight is 355 g/mol. The standard InChI is InChI=1S/C18H21N5O3/c1-2-26-18(25)13-14(19)12(15(20)23-10-6-9-21-16(13)23)17(24)22-11-7-4-3-5-8-11/h3-5,7-8,20-21H,2,6,9-10,19H2,1H3,(H,22,24). The molecule has 0 atom stereocenters. The molecule has 2 aromatic rings. The van der Waals surface area contributed by atoms with E-state index in [0.29, 0.717) is 24.6 Å². The number of esters is 1. The Morgan fingerprint density at radius 1 is 1.31 bits per heavy atom. The van der Waals surface area contributed by atoms with Gasteiger partial charge in [0.2, 0.25) is 0 Å². The molecule has 8 heteroatoms. The third-order valence-corrected chi connectivity index (χ3v) is 4.14. The Kier molecular flexibility index (Phi) is 4.92. The fourth-order valence-electron chi connectivity index (χ4n) is 2.97. The Hall–Kier alpha value is -3.29. The van der Waals surface area contributed by atoms with Crippen molar-refractivity contribution in [3.63, 3.8) is 0 Å². The molecule has 0 saturated heterocycles. The van der Waals surface area contributed by atoms with Crippen molar-refractivity contribution in [2.75, 3.05) is 29.5 Å². The molecule has 1 amide bonds. The lowest BCUT2D eigenvalue weighted by Gasteiger charge is -2.26. The number of nitrogen functional groups attached to an aromatic ring is 1. The Morgan fingerprint density at radius 2 is 2.04 bits per heavy atom. The molecule has 26 heavy (non-hydrogen) atoms. The van der Waals surface area contributed by atoms with Crippen LogP contribution in [0.1, 0.15) is 34.1 Å². The number of nitrogens with one attached hydrogen (secondary N) is 3. The zero-order valence-electron chi connectivity index (χ0n) is 14.5. The predicted octanol–water partition coefficient (Wildman–Crippen LogP) is 1.79. The lowest BCUT2D eigenvalue weighted by molar-refractivity contribution is 0.0527. The van der Waals surface area contributed by atoms with Crippen molar-refractivity contribution in [1.82, 2.24) is 4.57 Å². The van der Waals surface area contributed by atoms with Gasteiger partial charge in [0.25, 0.3) is 5.91 Å². The van der Waals surface area contributed by atoms with Crippen molar-refractivity contribution in [3.05, 3.63) is 46.9 Å². The first-order chi connectivity index (χ1) is 12.5. The van der Waals surface area contributed by atoms with Gasteiger partial charge in [-0.05, 0) is 25.5 Å². The number of hydrogen-bond acceptors (Lipinski definition) is 6. The first kappa shape index (κ1) is 17.5. The smallest absolute Gasteiger partial charge is 0.343 e. The molecule has 0 aliphatic carbocycles. The maximum Gasteiger partial charge on any atom is 0.343 e. The topological polar surface area (TPSA) is 122 Å². The Balaban J connectivity index is 2.13. The van der Waals surface area contributed by atoms with Crippen molar-refractivity contribution in [1.29, 1.82) is 5.41 Å². The predicted molar refractivity (Wildman–Crippen MR) is 98.2 cm³/mol. The van der Waals surface area contributed by atoms with E-state index < -0.39 is 11.9 Å². The number of hydrogen-bond donors (Lipinski definition) is 4. The van der Waals surface area contributed by atoms with Crippen LogP contribution < -0.4 is 21.9 Å². The van der Waals surface area contributed by atoms with E-state index in [9.17, 15) is 9.59 Å². The van der Waals surface area contributed by atoms with Crippen LogP contribution in [0.4, 0.5) is 17.2 Å². The number of fused-ring (bicyclic) bond motifs is 1. The number of carbonyl (C=O) groups excluding carboxylic acids is 2. The number of nitrogens with zero attached hydrogens (tertiary/aromatic N) is 1. The molecule has 3 rings (SSSR count). The number of anilines is 3. The lowest BCUT2D eigenvalue weighted by atomic mass is 10.1. The van der Waals surface area contributed by atoms with Gasteiger partial charge < -0.3 is 25.7 Å². The molecule has 1 aliphatic heterocycles. The number of rotatable bonds is 4. The highest BCUT2D eigenvalue weighted by molar-refractivity contribution is 6.12. The number of amides is 1. The van der Waals surface area contributed by atoms with E-state index in [-0.39, 0.29) is 28.9 Å². The molecule has 1 aromatic heterocycles. The highest BCUT2D eigenvalue weighted by Gasteiger charge is 2.28. The molecule has 0 bridgehead atoms. The number of nitrogens with two attached hydrogens (primary N) is 1. The van der Waals surface area contributed by atoms with Gasteiger partial charge in [0.1, 0.15) is 22.4 Å². The maximum absolute atomic E-state index is 12.8. The molecule has 1 aliphatic rings. The van der Waals surface area contributed by atoms with Crippen molar-refractivity contribution in [2.24, 2.45) is 0 Å². The Morgan fingerprint density at radius 3 is 2.73 bits per heavy atom. The minimum absolute atomic E-state index is 0.0359. The third kappa shape index (κ3) is 3.13. The fraction of sp³-hybridized carbons (Fsp3) is 0.278. The van der Waals surface area contributed by atoms with Crippen LogP contribution in [0.25, 0.3) is 0 Å². The molecule has 0 spiro atoms. The van der Waals surface area contributed by atoms with Crippen molar-refractivity contribution >= 4 is 29.1 Å². The fourth-order valence-corrected chi connectivity index (χ4v) is 2.97. The van der Waals surface area contributed by atoms with E-state index in [1.54, 1.807) is 35.8 Å². The highest BCUT2D eigenvalue weighted by atomic mass is 16.5. The average Bonchev–Trinajstić information content (AvgIpc) is 2.63. The summed E-state index contributed by atoms with van der Waals surface area (Å²) in [5.41, 5.74) is 6.71. The number of pyridine rings is 1. The normalized spacial score (nSPS) is 12.7. The minimum atomic E-state index is -0.614. The number of carbonyl (C=O) groups is 2. The molecular weight excluding hydrogens is 334 g/mol. The van der Waals surface area contributed by atoms with E-state index >= 15 is 0 Å². The van der Waals surface area contributed by atoms with Crippen molar-refractivity contribution in [2.45, 2.75) is 19.9 Å². The summed E-state index contributed by atoms with van der Waals surface area (Å²) in [4.78, 5) is 25.2. The minimum Gasteiger partial charge on any atom is -0.462 e. The molecule has 0 radical (unpaired) electrons. The molecule has 1 aromatic carbocycles.